The maximum atomic E-state index is 2.39. The Morgan fingerprint density at radius 1 is 0.294 bits per heavy atom. The first-order valence-corrected chi connectivity index (χ1v) is 17.1. The summed E-state index contributed by atoms with van der Waals surface area (Å²) in [5.41, 5.74) is 0. The summed E-state index contributed by atoms with van der Waals surface area (Å²) in [5, 5.41) is 0. The molecule has 0 aliphatic carbocycles. The second-order valence-electron chi connectivity index (χ2n) is 10.2. The van der Waals surface area contributed by atoms with Crippen molar-refractivity contribution in [3.63, 3.8) is 0 Å². The van der Waals surface area contributed by atoms with Gasteiger partial charge in [-0.15, -0.1) is 0 Å². The molecule has 0 spiro atoms. The molecule has 0 heterocycles. The van der Waals surface area contributed by atoms with Crippen molar-refractivity contribution in [3.05, 3.63) is 0 Å². The summed E-state index contributed by atoms with van der Waals surface area (Å²) in [6.45, 7) is 9.49. The van der Waals surface area contributed by atoms with Crippen LogP contribution in [0.3, 0.4) is 0 Å². The molecule has 0 N–H and O–H groups in total. The van der Waals surface area contributed by atoms with Crippen LogP contribution < -0.4 is 0 Å². The molecule has 0 aromatic carbocycles. The third kappa shape index (κ3) is 30.2. The molecular weight excluding hydrogens is 454 g/mol. The maximum absolute atomic E-state index is 2.39. The molecule has 216 valence electrons. The molecule has 0 radical (unpaired) electrons. The van der Waals surface area contributed by atoms with Gasteiger partial charge in [-0.1, -0.05) is 26.2 Å². The van der Waals surface area contributed by atoms with Crippen LogP contribution in [0.5, 0.6) is 0 Å². The van der Waals surface area contributed by atoms with Gasteiger partial charge in [-0.05, 0) is 0 Å². The molecule has 0 bridgehead atoms. The molecule has 0 aliphatic rings. The van der Waals surface area contributed by atoms with Crippen LogP contribution in [0, 0.1) is 0 Å². The SMILES string of the molecule is B.CCCCCCCCCCCCCCCC[PH](CCCC)(CCCC)CCCC.F.F.F.F. The molecule has 0 aromatic heterocycles. The Morgan fingerprint density at radius 2 is 0.500 bits per heavy atom. The zero-order valence-corrected chi connectivity index (χ0v) is 24.1. The minimum absolute atomic E-state index is 0. The maximum Gasteiger partial charge on any atom is -0.269 e. The van der Waals surface area contributed by atoms with E-state index in [1.807, 2.05) is 0 Å². The van der Waals surface area contributed by atoms with E-state index < -0.39 is 7.26 Å². The van der Waals surface area contributed by atoms with Crippen molar-refractivity contribution in [2.45, 2.75) is 156 Å². The summed E-state index contributed by atoms with van der Waals surface area (Å²) < 4.78 is 0. The first-order valence-electron chi connectivity index (χ1n) is 14.2. The monoisotopic (exact) mass is 523 g/mol. The van der Waals surface area contributed by atoms with E-state index in [0.717, 1.165) is 0 Å². The number of unbranched alkanes of at least 4 members (excludes halogenated alkanes) is 16. The molecule has 0 rings (SSSR count). The smallest absolute Gasteiger partial charge is 0.269 e. The van der Waals surface area contributed by atoms with E-state index in [0.29, 0.717) is 0 Å². The molecule has 0 atom stereocenters. The van der Waals surface area contributed by atoms with Gasteiger partial charge in [-0.25, -0.2) is 0 Å². The molecular formula is C28H68BF4P. The van der Waals surface area contributed by atoms with Crippen LogP contribution in [0.4, 0.5) is 18.8 Å². The van der Waals surface area contributed by atoms with Crippen molar-refractivity contribution in [3.8, 4) is 0 Å². The van der Waals surface area contributed by atoms with Crippen molar-refractivity contribution in [2.75, 3.05) is 24.6 Å². The van der Waals surface area contributed by atoms with Crippen LogP contribution in [0.2, 0.25) is 0 Å². The predicted octanol–water partition coefficient (Wildman–Crippen LogP) is 10.0. The molecule has 0 unspecified atom stereocenters. The van der Waals surface area contributed by atoms with Crippen molar-refractivity contribution in [1.29, 1.82) is 0 Å². The van der Waals surface area contributed by atoms with E-state index in [9.17, 15) is 0 Å². The Bertz CT molecular complexity index is 301. The van der Waals surface area contributed by atoms with Crippen LogP contribution >= 0.6 is 7.26 Å². The van der Waals surface area contributed by atoms with E-state index in [1.165, 1.54) is 122 Å². The Balaban J connectivity index is -0.000000392. The average Bonchev–Trinajstić information content (AvgIpc) is 2.74. The quantitative estimate of drug-likeness (QED) is 0.0512. The Hall–Kier alpha value is 0.215. The van der Waals surface area contributed by atoms with Gasteiger partial charge in [0, 0.05) is 0 Å². The summed E-state index contributed by atoms with van der Waals surface area (Å²) in [4.78, 5) is 0. The fourth-order valence-electron chi connectivity index (χ4n) is 5.10. The van der Waals surface area contributed by atoms with Gasteiger partial charge in [-0.2, -0.15) is 0 Å². The van der Waals surface area contributed by atoms with Gasteiger partial charge in [0.1, 0.15) is 0 Å². The van der Waals surface area contributed by atoms with Gasteiger partial charge in [0.15, 0.2) is 0 Å². The third-order valence-electron chi connectivity index (χ3n) is 7.24. The summed E-state index contributed by atoms with van der Waals surface area (Å²) in [5.74, 6) is 0. The summed E-state index contributed by atoms with van der Waals surface area (Å²) >= 11 is 0. The van der Waals surface area contributed by atoms with Crippen molar-refractivity contribution in [2.24, 2.45) is 0 Å². The number of rotatable bonds is 24. The van der Waals surface area contributed by atoms with Gasteiger partial charge in [-0.3, -0.25) is 18.8 Å². The van der Waals surface area contributed by atoms with Crippen molar-refractivity contribution in [1.82, 2.24) is 0 Å². The van der Waals surface area contributed by atoms with E-state index >= 15 is 0 Å². The first-order chi connectivity index (χ1) is 14.2. The summed E-state index contributed by atoms with van der Waals surface area (Å²) in [7, 11) is -0.961. The topological polar surface area (TPSA) is 0 Å². The van der Waals surface area contributed by atoms with Gasteiger partial charge in [0.2, 0.25) is 0 Å². The van der Waals surface area contributed by atoms with Crippen LogP contribution in [-0.2, 0) is 0 Å². The molecule has 6 heteroatoms. The zero-order valence-electron chi connectivity index (χ0n) is 23.1. The molecule has 0 saturated heterocycles. The first kappa shape index (κ1) is 47.4. The standard InChI is InChI=1S/C28H61P.BH3.4FH/c1-5-9-13-14-15-16-17-18-19-20-21-22-23-24-28-29(25-10-6-2,26-11-7-3)27-12-8-4;;;;;/h29H,5-28H2,1-4H3;1H3;4*1H. The van der Waals surface area contributed by atoms with E-state index in [1.54, 1.807) is 31.1 Å². The third-order valence-corrected chi connectivity index (χ3v) is 12.9. The second kappa shape index (κ2) is 37.8. The minimum Gasteiger partial charge on any atom is -0.269 e. The molecule has 0 fully saturated rings. The van der Waals surface area contributed by atoms with Crippen LogP contribution in [0.25, 0.3) is 0 Å². The molecule has 0 nitrogen and oxygen atoms in total. The Morgan fingerprint density at radius 3 is 0.765 bits per heavy atom. The van der Waals surface area contributed by atoms with E-state index in [4.69, 9.17) is 0 Å². The van der Waals surface area contributed by atoms with E-state index in [2.05, 4.69) is 27.7 Å². The number of halogens is 4. The summed E-state index contributed by atoms with van der Waals surface area (Å²) in [6.07, 6.45) is 36.2. The van der Waals surface area contributed by atoms with Gasteiger partial charge in [0.05, 0.1) is 8.41 Å². The summed E-state index contributed by atoms with van der Waals surface area (Å²) in [6, 6.07) is 0. The predicted molar refractivity (Wildman–Crippen MR) is 163 cm³/mol. The Labute approximate surface area is 215 Å². The van der Waals surface area contributed by atoms with Gasteiger partial charge in [0.25, 0.3) is 0 Å². The molecule has 0 aromatic rings. The second-order valence-corrected chi connectivity index (χ2v) is 15.2. The fourth-order valence-corrected chi connectivity index (χ4v) is 10.9. The van der Waals surface area contributed by atoms with Crippen LogP contribution in [0.15, 0.2) is 0 Å². The Kier molecular flexibility index (Phi) is 52.7. The average molecular weight is 523 g/mol. The van der Waals surface area contributed by atoms with Crippen LogP contribution in [-0.4, -0.2) is 33.1 Å². The molecule has 34 heavy (non-hydrogen) atoms. The molecule has 0 saturated carbocycles. The normalized spacial score (nSPS) is 10.7. The molecule has 0 amide bonds. The largest absolute Gasteiger partial charge is 0.269 e. The fraction of sp³-hybridized carbons (Fsp3) is 1.00. The van der Waals surface area contributed by atoms with Gasteiger partial charge < -0.3 is 0 Å². The van der Waals surface area contributed by atoms with E-state index in [-0.39, 0.29) is 27.2 Å². The minimum atomic E-state index is -0.961. The van der Waals surface area contributed by atoms with Crippen molar-refractivity contribution >= 4 is 15.7 Å². The molecule has 0 aliphatic heterocycles. The number of hydrogen-bond acceptors (Lipinski definition) is 0. The zero-order chi connectivity index (χ0) is 21.5. The van der Waals surface area contributed by atoms with Crippen molar-refractivity contribution < 1.29 is 18.8 Å². The van der Waals surface area contributed by atoms with Gasteiger partial charge >= 0.3 is 162 Å². The van der Waals surface area contributed by atoms with Crippen LogP contribution in [0.1, 0.15) is 156 Å². The number of hydrogen-bond donors (Lipinski definition) is 0.